The van der Waals surface area contributed by atoms with Crippen molar-refractivity contribution in [3.63, 3.8) is 0 Å². The van der Waals surface area contributed by atoms with Crippen LogP contribution in [0.25, 0.3) is 0 Å². The van der Waals surface area contributed by atoms with E-state index in [-0.39, 0.29) is 10.7 Å². The number of hydrogen-bond donors (Lipinski definition) is 0. The predicted octanol–water partition coefficient (Wildman–Crippen LogP) is 4.27. The van der Waals surface area contributed by atoms with Gasteiger partial charge in [0, 0.05) is 5.69 Å². The second-order valence-electron chi connectivity index (χ2n) is 7.57. The average Bonchev–Trinajstić information content (AvgIpc) is 2.43. The van der Waals surface area contributed by atoms with Gasteiger partial charge in [-0.1, -0.05) is 17.8 Å². The van der Waals surface area contributed by atoms with E-state index in [1.54, 1.807) is 11.8 Å². The zero-order chi connectivity index (χ0) is 14.4. The van der Waals surface area contributed by atoms with Gasteiger partial charge in [-0.2, -0.15) is 0 Å². The van der Waals surface area contributed by atoms with Crippen LogP contribution in [0.5, 0.6) is 0 Å². The molecule has 0 spiro atoms. The van der Waals surface area contributed by atoms with Crippen LogP contribution in [0.1, 0.15) is 44.2 Å². The second kappa shape index (κ2) is 5.12. The smallest absolute Gasteiger partial charge is 0.133 e. The molecule has 0 aromatic carbocycles. The van der Waals surface area contributed by atoms with Gasteiger partial charge in [0.15, 0.2) is 0 Å². The maximum atomic E-state index is 11.9. The fourth-order valence-corrected chi connectivity index (χ4v) is 6.75. The number of carbonyl (C=O) groups excluding carboxylic acids is 1. The van der Waals surface area contributed by atoms with E-state index in [4.69, 9.17) is 0 Å². The highest BCUT2D eigenvalue weighted by atomic mass is 32.2. The zero-order valence-corrected chi connectivity index (χ0v) is 13.4. The molecule has 2 nitrogen and oxygen atoms in total. The molecule has 21 heavy (non-hydrogen) atoms. The molecule has 4 aliphatic rings. The molecule has 3 heteroatoms. The Hall–Kier alpha value is -0.830. The first-order valence-corrected chi connectivity index (χ1v) is 9.10. The molecule has 4 aliphatic carbocycles. The molecule has 4 fully saturated rings. The number of aldehydes is 1. The molecule has 0 radical (unpaired) electrons. The van der Waals surface area contributed by atoms with Crippen molar-refractivity contribution < 1.29 is 4.79 Å². The van der Waals surface area contributed by atoms with E-state index in [0.717, 1.165) is 28.5 Å². The van der Waals surface area contributed by atoms with E-state index >= 15 is 0 Å². The van der Waals surface area contributed by atoms with Crippen LogP contribution in [0.4, 0.5) is 0 Å². The van der Waals surface area contributed by atoms with Crippen LogP contribution < -0.4 is 0 Å². The topological polar surface area (TPSA) is 30.0 Å². The summed E-state index contributed by atoms with van der Waals surface area (Å²) in [5, 5.41) is 1.11. The molecule has 0 N–H and O–H groups in total. The molecule has 4 bridgehead atoms. The molecule has 0 aliphatic heterocycles. The molecule has 1 heterocycles. The zero-order valence-electron chi connectivity index (χ0n) is 12.6. The van der Waals surface area contributed by atoms with Crippen molar-refractivity contribution in [3.05, 3.63) is 23.9 Å². The lowest BCUT2D eigenvalue weighted by atomic mass is 9.49. The first kappa shape index (κ1) is 13.8. The van der Waals surface area contributed by atoms with Crippen LogP contribution in [0.3, 0.4) is 0 Å². The number of carbonyl (C=O) groups is 1. The third-order valence-electron chi connectivity index (χ3n) is 5.92. The third kappa shape index (κ3) is 2.44. The molecule has 0 amide bonds. The fraction of sp³-hybridized carbons (Fsp3) is 0.667. The summed E-state index contributed by atoms with van der Waals surface area (Å²) < 4.78 is 0. The van der Waals surface area contributed by atoms with Gasteiger partial charge < -0.3 is 4.79 Å². The molecule has 5 rings (SSSR count). The highest BCUT2D eigenvalue weighted by molar-refractivity contribution is 8.00. The van der Waals surface area contributed by atoms with Gasteiger partial charge in [0.1, 0.15) is 6.29 Å². The number of aromatic nitrogens is 1. The molecule has 1 atom stereocenters. The first-order chi connectivity index (χ1) is 10.2. The molecule has 1 unspecified atom stereocenters. The summed E-state index contributed by atoms with van der Waals surface area (Å²) in [7, 11) is 0. The van der Waals surface area contributed by atoms with Crippen molar-refractivity contribution in [1.29, 1.82) is 0 Å². The van der Waals surface area contributed by atoms with Crippen molar-refractivity contribution in [1.82, 2.24) is 4.98 Å². The molecular formula is C18H23NOS. The van der Waals surface area contributed by atoms with Gasteiger partial charge in [-0.05, 0) is 80.8 Å². The largest absolute Gasteiger partial charge is 0.302 e. The number of nitrogens with zero attached hydrogens (tertiary/aromatic N) is 1. The Balaban J connectivity index is 1.59. The molecule has 112 valence electrons. The predicted molar refractivity (Wildman–Crippen MR) is 85.3 cm³/mol. The number of hydrogen-bond acceptors (Lipinski definition) is 3. The summed E-state index contributed by atoms with van der Waals surface area (Å²) in [4.78, 5) is 16.5. The Kier molecular flexibility index (Phi) is 3.36. The minimum Gasteiger partial charge on any atom is -0.302 e. The summed E-state index contributed by atoms with van der Waals surface area (Å²) in [6.07, 6.45) is 9.35. The van der Waals surface area contributed by atoms with Crippen LogP contribution in [0.15, 0.2) is 23.2 Å². The van der Waals surface area contributed by atoms with Crippen LogP contribution in [0.2, 0.25) is 0 Å². The van der Waals surface area contributed by atoms with Gasteiger partial charge in [-0.15, -0.1) is 0 Å². The van der Waals surface area contributed by atoms with Gasteiger partial charge in [-0.3, -0.25) is 0 Å². The van der Waals surface area contributed by atoms with Crippen molar-refractivity contribution in [2.24, 2.45) is 23.2 Å². The summed E-state index contributed by atoms with van der Waals surface area (Å²) in [6.45, 7) is 2.02. The van der Waals surface area contributed by atoms with E-state index in [1.807, 2.05) is 19.1 Å². The molecule has 1 aromatic heterocycles. The molecule has 1 aromatic rings. The SMILES string of the molecule is Cc1cccc(SC(C=O)C23CC4CC(CC(C4)C2)C3)n1. The highest BCUT2D eigenvalue weighted by Gasteiger charge is 2.54. The van der Waals surface area contributed by atoms with Gasteiger partial charge in [0.25, 0.3) is 0 Å². The van der Waals surface area contributed by atoms with Crippen molar-refractivity contribution >= 4 is 18.0 Å². The van der Waals surface area contributed by atoms with Crippen LogP contribution in [0, 0.1) is 30.1 Å². The lowest BCUT2D eigenvalue weighted by molar-refractivity contribution is -0.114. The minimum atomic E-state index is 0.0974. The monoisotopic (exact) mass is 301 g/mol. The highest BCUT2D eigenvalue weighted by Crippen LogP contribution is 2.63. The van der Waals surface area contributed by atoms with Gasteiger partial charge >= 0.3 is 0 Å². The Bertz CT molecular complexity index is 521. The third-order valence-corrected chi connectivity index (χ3v) is 7.26. The minimum absolute atomic E-state index is 0.0974. The summed E-state index contributed by atoms with van der Waals surface area (Å²) >= 11 is 1.71. The number of thioether (sulfide) groups is 1. The molecule has 4 saturated carbocycles. The van der Waals surface area contributed by atoms with E-state index in [9.17, 15) is 4.79 Å². The van der Waals surface area contributed by atoms with Gasteiger partial charge in [0.05, 0.1) is 10.3 Å². The van der Waals surface area contributed by atoms with Crippen molar-refractivity contribution in [2.75, 3.05) is 0 Å². The standard InChI is InChI=1S/C18H23NOS/c1-12-3-2-4-17(19-12)21-16(11-20)18-8-13-5-14(9-18)7-15(6-13)10-18/h2-4,11,13-16H,5-10H2,1H3. The first-order valence-electron chi connectivity index (χ1n) is 8.22. The van der Waals surface area contributed by atoms with Crippen molar-refractivity contribution in [2.45, 2.75) is 55.7 Å². The number of aryl methyl sites for hydroxylation is 1. The van der Waals surface area contributed by atoms with Crippen LogP contribution in [-0.2, 0) is 4.79 Å². The molecule has 0 saturated heterocycles. The normalized spacial score (nSPS) is 38.4. The van der Waals surface area contributed by atoms with E-state index < -0.39 is 0 Å². The summed E-state index contributed by atoms with van der Waals surface area (Å²) in [5.41, 5.74) is 1.31. The lowest BCUT2D eigenvalue weighted by Crippen LogP contribution is -2.51. The fourth-order valence-electron chi connectivity index (χ4n) is 5.54. The van der Waals surface area contributed by atoms with Crippen LogP contribution in [-0.4, -0.2) is 16.5 Å². The maximum absolute atomic E-state index is 11.9. The lowest BCUT2D eigenvalue weighted by Gasteiger charge is -2.58. The van der Waals surface area contributed by atoms with E-state index in [0.29, 0.717) is 0 Å². The van der Waals surface area contributed by atoms with Gasteiger partial charge in [0.2, 0.25) is 0 Å². The van der Waals surface area contributed by atoms with E-state index in [2.05, 4.69) is 11.1 Å². The second-order valence-corrected chi connectivity index (χ2v) is 8.73. The average molecular weight is 301 g/mol. The molecular weight excluding hydrogens is 278 g/mol. The number of rotatable bonds is 4. The summed E-state index contributed by atoms with van der Waals surface area (Å²) in [6, 6.07) is 6.12. The quantitative estimate of drug-likeness (QED) is 0.614. The summed E-state index contributed by atoms with van der Waals surface area (Å²) in [5.74, 6) is 2.68. The van der Waals surface area contributed by atoms with Crippen LogP contribution >= 0.6 is 11.8 Å². The Morgan fingerprint density at radius 2 is 1.81 bits per heavy atom. The maximum Gasteiger partial charge on any atom is 0.133 e. The Labute approximate surface area is 131 Å². The Morgan fingerprint density at radius 3 is 2.33 bits per heavy atom. The van der Waals surface area contributed by atoms with Crippen molar-refractivity contribution in [3.8, 4) is 0 Å². The van der Waals surface area contributed by atoms with Gasteiger partial charge in [-0.25, -0.2) is 4.98 Å². The van der Waals surface area contributed by atoms with E-state index in [1.165, 1.54) is 44.8 Å². The number of pyridine rings is 1. The Morgan fingerprint density at radius 1 is 1.19 bits per heavy atom.